The average molecular weight is 289 g/mol. The summed E-state index contributed by atoms with van der Waals surface area (Å²) < 4.78 is 14.6. The van der Waals surface area contributed by atoms with E-state index in [1.165, 1.54) is 6.92 Å². The largest absolute Gasteiger partial charge is 0.464 e. The van der Waals surface area contributed by atoms with Crippen molar-refractivity contribution in [3.05, 3.63) is 0 Å². The Hall–Kier alpha value is -1.79. The van der Waals surface area contributed by atoms with E-state index in [9.17, 15) is 14.4 Å². The van der Waals surface area contributed by atoms with Gasteiger partial charge < -0.3 is 14.2 Å². The zero-order chi connectivity index (χ0) is 16.0. The van der Waals surface area contributed by atoms with E-state index < -0.39 is 29.2 Å². The van der Waals surface area contributed by atoms with Crippen LogP contribution in [0.25, 0.3) is 0 Å². The first-order chi connectivity index (χ1) is 9.06. The molecule has 0 spiro atoms. The lowest BCUT2D eigenvalue weighted by molar-refractivity contribution is -0.165. The zero-order valence-corrected chi connectivity index (χ0v) is 12.9. The Morgan fingerprint density at radius 2 is 1.30 bits per heavy atom. The number of ether oxygens (including phenoxy) is 3. The quantitative estimate of drug-likeness (QED) is 0.467. The third kappa shape index (κ3) is 5.46. The molecule has 0 saturated heterocycles. The van der Waals surface area contributed by atoms with E-state index in [4.69, 9.17) is 14.2 Å². The molecule has 0 aromatic rings. The van der Waals surface area contributed by atoms with Gasteiger partial charge in [0, 0.05) is 0 Å². The Balaban J connectivity index is 5.09. The van der Waals surface area contributed by atoms with Gasteiger partial charge in [-0.05, 0) is 41.5 Å². The molecule has 0 aliphatic heterocycles. The van der Waals surface area contributed by atoms with Crippen LogP contribution < -0.4 is 5.32 Å². The van der Waals surface area contributed by atoms with Gasteiger partial charge in [0.25, 0.3) is 0 Å². The number of hydrogen-bond donors (Lipinski definition) is 1. The monoisotopic (exact) mass is 289 g/mol. The van der Waals surface area contributed by atoms with Crippen LogP contribution in [0.15, 0.2) is 0 Å². The van der Waals surface area contributed by atoms with E-state index in [-0.39, 0.29) is 13.2 Å². The number of carbonyl (C=O) groups excluding carboxylic acids is 3. The number of esters is 2. The van der Waals surface area contributed by atoms with Gasteiger partial charge in [0.05, 0.1) is 13.2 Å². The Morgan fingerprint density at radius 3 is 1.60 bits per heavy atom. The number of hydrogen-bond acceptors (Lipinski definition) is 6. The lowest BCUT2D eigenvalue weighted by atomic mass is 10.0. The second-order valence-electron chi connectivity index (χ2n) is 5.19. The molecule has 0 unspecified atom stereocenters. The molecule has 0 atom stereocenters. The summed E-state index contributed by atoms with van der Waals surface area (Å²) in [4.78, 5) is 35.5. The van der Waals surface area contributed by atoms with Gasteiger partial charge in [-0.2, -0.15) is 0 Å². The summed E-state index contributed by atoms with van der Waals surface area (Å²) in [6.45, 7) is 9.55. The van der Waals surface area contributed by atoms with Crippen molar-refractivity contribution in [3.8, 4) is 0 Å². The Morgan fingerprint density at radius 1 is 0.900 bits per heavy atom. The molecule has 20 heavy (non-hydrogen) atoms. The van der Waals surface area contributed by atoms with Gasteiger partial charge in [0.1, 0.15) is 5.60 Å². The normalized spacial score (nSPS) is 11.5. The highest BCUT2D eigenvalue weighted by Crippen LogP contribution is 2.13. The maximum atomic E-state index is 11.9. The van der Waals surface area contributed by atoms with Gasteiger partial charge in [-0.3, -0.25) is 5.32 Å². The maximum Gasteiger partial charge on any atom is 0.409 e. The molecular weight excluding hydrogens is 266 g/mol. The van der Waals surface area contributed by atoms with Gasteiger partial charge in [-0.15, -0.1) is 0 Å². The van der Waals surface area contributed by atoms with Gasteiger partial charge >= 0.3 is 18.0 Å². The molecule has 0 aliphatic rings. The molecular formula is C13H23NO6. The number of rotatable bonds is 5. The zero-order valence-electron chi connectivity index (χ0n) is 12.9. The first-order valence-corrected chi connectivity index (χ1v) is 6.42. The third-order valence-electron chi connectivity index (χ3n) is 2.12. The van der Waals surface area contributed by atoms with E-state index in [2.05, 4.69) is 5.32 Å². The second kappa shape index (κ2) is 7.12. The molecule has 7 nitrogen and oxygen atoms in total. The molecule has 0 radical (unpaired) electrons. The van der Waals surface area contributed by atoms with Crippen molar-refractivity contribution in [3.63, 3.8) is 0 Å². The van der Waals surface area contributed by atoms with Crippen LogP contribution in [-0.2, 0) is 23.8 Å². The summed E-state index contributed by atoms with van der Waals surface area (Å²) in [6.07, 6.45) is -0.902. The maximum absolute atomic E-state index is 11.9. The summed E-state index contributed by atoms with van der Waals surface area (Å²) in [6, 6.07) is 0. The van der Waals surface area contributed by atoms with Crippen LogP contribution >= 0.6 is 0 Å². The van der Waals surface area contributed by atoms with Crippen molar-refractivity contribution in [2.24, 2.45) is 0 Å². The number of amides is 1. The third-order valence-corrected chi connectivity index (χ3v) is 2.12. The van der Waals surface area contributed by atoms with Crippen molar-refractivity contribution in [2.45, 2.75) is 52.7 Å². The highest BCUT2D eigenvalue weighted by Gasteiger charge is 2.46. The molecule has 0 aromatic carbocycles. The number of alkyl carbamates (subject to hydrolysis) is 1. The fraction of sp³-hybridized carbons (Fsp3) is 0.769. The van der Waals surface area contributed by atoms with Crippen molar-refractivity contribution in [1.29, 1.82) is 0 Å². The minimum atomic E-state index is -1.94. The topological polar surface area (TPSA) is 90.9 Å². The first kappa shape index (κ1) is 18.2. The van der Waals surface area contributed by atoms with Crippen LogP contribution in [-0.4, -0.2) is 42.4 Å². The van der Waals surface area contributed by atoms with Crippen molar-refractivity contribution in [1.82, 2.24) is 5.32 Å². The van der Waals surface area contributed by atoms with E-state index in [1.54, 1.807) is 34.6 Å². The highest BCUT2D eigenvalue weighted by molar-refractivity contribution is 6.06. The minimum absolute atomic E-state index is 0.0732. The average Bonchev–Trinajstić information content (AvgIpc) is 2.26. The van der Waals surface area contributed by atoms with Crippen molar-refractivity contribution in [2.75, 3.05) is 13.2 Å². The summed E-state index contributed by atoms with van der Waals surface area (Å²) in [5.41, 5.74) is -2.69. The van der Waals surface area contributed by atoms with Crippen molar-refractivity contribution < 1.29 is 28.6 Å². The Labute approximate surface area is 118 Å². The van der Waals surface area contributed by atoms with Crippen LogP contribution in [0.1, 0.15) is 41.5 Å². The summed E-state index contributed by atoms with van der Waals surface area (Å²) in [5, 5.41) is 2.21. The molecule has 0 saturated carbocycles. The Kier molecular flexibility index (Phi) is 6.48. The van der Waals surface area contributed by atoms with Gasteiger partial charge in [-0.1, -0.05) is 0 Å². The fourth-order valence-corrected chi connectivity index (χ4v) is 1.24. The van der Waals surface area contributed by atoms with Crippen molar-refractivity contribution >= 4 is 18.0 Å². The predicted octanol–water partition coefficient (Wildman–Crippen LogP) is 1.40. The van der Waals surface area contributed by atoms with E-state index in [1.807, 2.05) is 0 Å². The van der Waals surface area contributed by atoms with E-state index in [0.717, 1.165) is 0 Å². The van der Waals surface area contributed by atoms with Crippen LogP contribution in [0.3, 0.4) is 0 Å². The first-order valence-electron chi connectivity index (χ1n) is 6.42. The van der Waals surface area contributed by atoms with Crippen LogP contribution in [0.4, 0.5) is 4.79 Å². The predicted molar refractivity (Wildman–Crippen MR) is 71.0 cm³/mol. The SMILES string of the molecule is CCOC(=O)C(C)(NC(=O)OC(C)(C)C)C(=O)OCC. The van der Waals surface area contributed by atoms with Crippen LogP contribution in [0, 0.1) is 0 Å². The standard InChI is InChI=1S/C13H23NO6/c1-7-18-9(15)13(6,10(16)19-8-2)14-11(17)20-12(3,4)5/h7-8H2,1-6H3,(H,14,17). The molecule has 0 heterocycles. The van der Waals surface area contributed by atoms with Gasteiger partial charge in [-0.25, -0.2) is 14.4 Å². The van der Waals surface area contributed by atoms with Crippen LogP contribution in [0.2, 0.25) is 0 Å². The molecule has 0 rings (SSSR count). The van der Waals surface area contributed by atoms with Crippen LogP contribution in [0.5, 0.6) is 0 Å². The molecule has 0 aliphatic carbocycles. The smallest absolute Gasteiger partial charge is 0.409 e. The number of nitrogens with one attached hydrogen (secondary N) is 1. The summed E-state index contributed by atoms with van der Waals surface area (Å²) in [5.74, 6) is -1.80. The molecule has 7 heteroatoms. The molecule has 0 aromatic heterocycles. The molecule has 0 bridgehead atoms. The van der Waals surface area contributed by atoms with E-state index in [0.29, 0.717) is 0 Å². The Bertz CT molecular complexity index is 354. The van der Waals surface area contributed by atoms with Gasteiger partial charge in [0.2, 0.25) is 5.54 Å². The van der Waals surface area contributed by atoms with E-state index >= 15 is 0 Å². The fourth-order valence-electron chi connectivity index (χ4n) is 1.24. The lowest BCUT2D eigenvalue weighted by Gasteiger charge is -2.28. The number of carbonyl (C=O) groups is 3. The lowest BCUT2D eigenvalue weighted by Crippen LogP contribution is -2.60. The minimum Gasteiger partial charge on any atom is -0.464 e. The molecule has 0 fully saturated rings. The molecule has 1 N–H and O–H groups in total. The highest BCUT2D eigenvalue weighted by atomic mass is 16.6. The molecule has 1 amide bonds. The van der Waals surface area contributed by atoms with Gasteiger partial charge in [0.15, 0.2) is 0 Å². The molecule has 116 valence electrons. The second-order valence-corrected chi connectivity index (χ2v) is 5.19. The summed E-state index contributed by atoms with van der Waals surface area (Å²) in [7, 11) is 0. The summed E-state index contributed by atoms with van der Waals surface area (Å²) >= 11 is 0.